The lowest BCUT2D eigenvalue weighted by Crippen LogP contribution is -2.47. The van der Waals surface area contributed by atoms with Gasteiger partial charge in [0.05, 0.1) is 13.1 Å². The van der Waals surface area contributed by atoms with Crippen LogP contribution < -0.4 is 10.6 Å². The van der Waals surface area contributed by atoms with Gasteiger partial charge in [-0.2, -0.15) is 0 Å². The first-order valence-electron chi connectivity index (χ1n) is 7.61. The van der Waals surface area contributed by atoms with Crippen molar-refractivity contribution in [2.75, 3.05) is 46.3 Å². The Labute approximate surface area is 147 Å². The number of carbonyl (C=O) groups excluding carboxylic acids is 2. The number of halogens is 1. The van der Waals surface area contributed by atoms with Crippen molar-refractivity contribution in [3.05, 3.63) is 22.4 Å². The molecule has 2 rings (SSSR count). The molecule has 8 heteroatoms. The highest BCUT2D eigenvalue weighted by molar-refractivity contribution is 7.09. The van der Waals surface area contributed by atoms with Gasteiger partial charge >= 0.3 is 0 Å². The first-order valence-corrected chi connectivity index (χ1v) is 8.49. The third kappa shape index (κ3) is 7.30. The smallest absolute Gasteiger partial charge is 0.234 e. The zero-order valence-electron chi connectivity index (χ0n) is 13.4. The molecule has 1 aromatic heterocycles. The summed E-state index contributed by atoms with van der Waals surface area (Å²) < 4.78 is 0. The second-order valence-electron chi connectivity index (χ2n) is 5.47. The number of carbonyl (C=O) groups is 2. The number of hydrogen-bond donors (Lipinski definition) is 2. The largest absolute Gasteiger partial charge is 0.350 e. The van der Waals surface area contributed by atoms with E-state index in [0.717, 1.165) is 31.1 Å². The van der Waals surface area contributed by atoms with Crippen molar-refractivity contribution in [2.24, 2.45) is 0 Å². The highest BCUT2D eigenvalue weighted by atomic mass is 35.5. The minimum Gasteiger partial charge on any atom is -0.350 e. The zero-order valence-corrected chi connectivity index (χ0v) is 15.0. The number of amides is 2. The molecule has 130 valence electrons. The van der Waals surface area contributed by atoms with Gasteiger partial charge in [-0.3, -0.25) is 14.5 Å². The van der Waals surface area contributed by atoms with Crippen LogP contribution in [-0.2, 0) is 16.1 Å². The van der Waals surface area contributed by atoms with Crippen LogP contribution in [0.4, 0.5) is 0 Å². The summed E-state index contributed by atoms with van der Waals surface area (Å²) in [5.74, 6) is 0.165. The van der Waals surface area contributed by atoms with Crippen LogP contribution >= 0.6 is 23.7 Å². The summed E-state index contributed by atoms with van der Waals surface area (Å²) in [4.78, 5) is 28.8. The summed E-state index contributed by atoms with van der Waals surface area (Å²) in [5.41, 5.74) is 0. The summed E-state index contributed by atoms with van der Waals surface area (Å²) in [7, 11) is 1.87. The van der Waals surface area contributed by atoms with Crippen LogP contribution in [0.5, 0.6) is 0 Å². The van der Waals surface area contributed by atoms with E-state index in [-0.39, 0.29) is 24.2 Å². The summed E-state index contributed by atoms with van der Waals surface area (Å²) in [6.07, 6.45) is 0.467. The molecule has 1 aliphatic rings. The number of nitrogens with one attached hydrogen (secondary N) is 2. The number of hydrogen-bond acceptors (Lipinski definition) is 5. The maximum atomic E-state index is 12.0. The van der Waals surface area contributed by atoms with Gasteiger partial charge in [0.2, 0.25) is 11.8 Å². The Hall–Kier alpha value is -1.15. The van der Waals surface area contributed by atoms with Gasteiger partial charge in [0.15, 0.2) is 0 Å². The van der Waals surface area contributed by atoms with Crippen LogP contribution in [0.15, 0.2) is 17.5 Å². The maximum absolute atomic E-state index is 12.0. The zero-order chi connectivity index (χ0) is 15.8. The molecule has 0 spiro atoms. The van der Waals surface area contributed by atoms with Crippen molar-refractivity contribution in [3.63, 3.8) is 0 Å². The van der Waals surface area contributed by atoms with E-state index in [1.807, 2.05) is 34.4 Å². The molecule has 1 saturated heterocycles. The van der Waals surface area contributed by atoms with Gasteiger partial charge in [0.25, 0.3) is 0 Å². The predicted molar refractivity (Wildman–Crippen MR) is 95.0 cm³/mol. The minimum atomic E-state index is -0.00878. The Morgan fingerprint density at radius 1 is 1.39 bits per heavy atom. The third-order valence-electron chi connectivity index (χ3n) is 3.63. The molecule has 0 radical (unpaired) electrons. The number of likely N-dealkylation sites (N-methyl/N-ethyl adjacent to an activating group) is 1. The molecule has 0 atom stereocenters. The molecule has 6 nitrogen and oxygen atoms in total. The summed E-state index contributed by atoms with van der Waals surface area (Å²) >= 11 is 1.63. The second kappa shape index (κ2) is 10.6. The lowest BCUT2D eigenvalue weighted by atomic mass is 10.3. The lowest BCUT2D eigenvalue weighted by molar-refractivity contribution is -0.132. The molecule has 0 aliphatic carbocycles. The van der Waals surface area contributed by atoms with Crippen molar-refractivity contribution in [1.29, 1.82) is 0 Å². The van der Waals surface area contributed by atoms with E-state index >= 15 is 0 Å². The molecule has 0 aromatic carbocycles. The fourth-order valence-electron chi connectivity index (χ4n) is 2.34. The van der Waals surface area contributed by atoms with Crippen molar-refractivity contribution >= 4 is 35.6 Å². The highest BCUT2D eigenvalue weighted by Crippen LogP contribution is 2.07. The van der Waals surface area contributed by atoms with Crippen LogP contribution in [-0.4, -0.2) is 67.9 Å². The van der Waals surface area contributed by atoms with Crippen molar-refractivity contribution in [1.82, 2.24) is 20.4 Å². The van der Waals surface area contributed by atoms with E-state index in [9.17, 15) is 9.59 Å². The maximum Gasteiger partial charge on any atom is 0.234 e. The number of rotatable bonds is 7. The van der Waals surface area contributed by atoms with Crippen LogP contribution in [0.1, 0.15) is 11.3 Å². The van der Waals surface area contributed by atoms with E-state index in [2.05, 4.69) is 10.6 Å². The normalized spacial score (nSPS) is 14.4. The molecule has 2 heterocycles. The first-order chi connectivity index (χ1) is 10.6. The van der Waals surface area contributed by atoms with Gasteiger partial charge in [0.1, 0.15) is 0 Å². The van der Waals surface area contributed by atoms with Gasteiger partial charge in [-0.25, -0.2) is 0 Å². The predicted octanol–water partition coefficient (Wildman–Crippen LogP) is 0.540. The molecular weight excluding hydrogens is 336 g/mol. The van der Waals surface area contributed by atoms with Crippen LogP contribution in [0.2, 0.25) is 0 Å². The summed E-state index contributed by atoms with van der Waals surface area (Å²) in [6.45, 7) is 4.80. The Morgan fingerprint density at radius 3 is 2.78 bits per heavy atom. The average Bonchev–Trinajstić information content (AvgIpc) is 3.05. The van der Waals surface area contributed by atoms with Crippen molar-refractivity contribution < 1.29 is 9.59 Å². The van der Waals surface area contributed by atoms with Crippen LogP contribution in [0, 0.1) is 0 Å². The SMILES string of the molecule is CN(CCC(=O)N1CCNCC1)CC(=O)NCc1cccs1.Cl. The molecule has 1 aromatic rings. The molecule has 0 saturated carbocycles. The first kappa shape index (κ1) is 19.9. The van der Waals surface area contributed by atoms with Crippen molar-refractivity contribution in [3.8, 4) is 0 Å². The van der Waals surface area contributed by atoms with Gasteiger partial charge in [-0.1, -0.05) is 6.07 Å². The standard InChI is InChI=1S/C15H24N4O2S.ClH/c1-18(7-4-15(21)19-8-5-16-6-9-19)12-14(20)17-11-13-3-2-10-22-13;/h2-3,10,16H,4-9,11-12H2,1H3,(H,17,20);1H. The van der Waals surface area contributed by atoms with Gasteiger partial charge in [-0.15, -0.1) is 23.7 Å². The molecule has 2 amide bonds. The van der Waals surface area contributed by atoms with Gasteiger partial charge in [0, 0.05) is 44.0 Å². The molecule has 1 fully saturated rings. The van der Waals surface area contributed by atoms with Gasteiger partial charge < -0.3 is 15.5 Å². The Kier molecular flexibility index (Phi) is 9.16. The molecule has 2 N–H and O–H groups in total. The fraction of sp³-hybridized carbons (Fsp3) is 0.600. The molecular formula is C15H25ClN4O2S. The quantitative estimate of drug-likeness (QED) is 0.745. The monoisotopic (exact) mass is 360 g/mol. The van der Waals surface area contributed by atoms with E-state index in [4.69, 9.17) is 0 Å². The Balaban J connectivity index is 0.00000264. The average molecular weight is 361 g/mol. The lowest BCUT2D eigenvalue weighted by Gasteiger charge is -2.28. The minimum absolute atomic E-state index is 0. The number of piperazine rings is 1. The summed E-state index contributed by atoms with van der Waals surface area (Å²) in [6, 6.07) is 3.97. The molecule has 0 unspecified atom stereocenters. The van der Waals surface area contributed by atoms with Crippen LogP contribution in [0.25, 0.3) is 0 Å². The van der Waals surface area contributed by atoms with E-state index in [1.54, 1.807) is 11.3 Å². The summed E-state index contributed by atoms with van der Waals surface area (Å²) in [5, 5.41) is 8.12. The molecule has 23 heavy (non-hydrogen) atoms. The molecule has 0 bridgehead atoms. The fourth-order valence-corrected chi connectivity index (χ4v) is 2.98. The van der Waals surface area contributed by atoms with Crippen molar-refractivity contribution in [2.45, 2.75) is 13.0 Å². The van der Waals surface area contributed by atoms with Crippen LogP contribution in [0.3, 0.4) is 0 Å². The topological polar surface area (TPSA) is 64.7 Å². The van der Waals surface area contributed by atoms with E-state index in [0.29, 0.717) is 26.1 Å². The Bertz CT molecular complexity index is 478. The highest BCUT2D eigenvalue weighted by Gasteiger charge is 2.16. The van der Waals surface area contributed by atoms with Gasteiger partial charge in [-0.05, 0) is 18.5 Å². The molecule has 1 aliphatic heterocycles. The second-order valence-corrected chi connectivity index (χ2v) is 6.51. The van der Waals surface area contributed by atoms with E-state index < -0.39 is 0 Å². The number of nitrogens with zero attached hydrogens (tertiary/aromatic N) is 2. The van der Waals surface area contributed by atoms with E-state index in [1.165, 1.54) is 0 Å². The Morgan fingerprint density at radius 2 is 2.13 bits per heavy atom. The third-order valence-corrected chi connectivity index (χ3v) is 4.51. The number of thiophene rings is 1.